The smallest absolute Gasteiger partial charge is 0.123 e. The van der Waals surface area contributed by atoms with E-state index in [4.69, 9.17) is 0 Å². The van der Waals surface area contributed by atoms with Crippen molar-refractivity contribution in [3.63, 3.8) is 0 Å². The van der Waals surface area contributed by atoms with Crippen LogP contribution in [0.25, 0.3) is 11.1 Å². The number of benzene rings is 2. The minimum atomic E-state index is -0.561. The number of aliphatic hydroxyl groups is 1. The first-order valence-corrected chi connectivity index (χ1v) is 10.4. The minimum Gasteiger partial charge on any atom is -0.389 e. The van der Waals surface area contributed by atoms with E-state index in [1.807, 2.05) is 19.1 Å². The monoisotopic (exact) mass is 370 g/mol. The molecule has 2 heteroatoms. The lowest BCUT2D eigenvalue weighted by molar-refractivity contribution is 0.198. The predicted molar refractivity (Wildman–Crippen MR) is 114 cm³/mol. The molecular formula is C25H35FO. The highest BCUT2D eigenvalue weighted by Crippen LogP contribution is 2.41. The van der Waals surface area contributed by atoms with Gasteiger partial charge in [-0.05, 0) is 77.1 Å². The van der Waals surface area contributed by atoms with Gasteiger partial charge in [0.15, 0.2) is 0 Å². The fraction of sp³-hybridized carbons (Fsp3) is 0.520. The van der Waals surface area contributed by atoms with Crippen LogP contribution in [0.5, 0.6) is 0 Å². The Morgan fingerprint density at radius 1 is 0.889 bits per heavy atom. The summed E-state index contributed by atoms with van der Waals surface area (Å²) in [5.41, 5.74) is 7.02. The fourth-order valence-electron chi connectivity index (χ4n) is 3.99. The van der Waals surface area contributed by atoms with Crippen LogP contribution in [-0.2, 0) is 6.42 Å². The summed E-state index contributed by atoms with van der Waals surface area (Å²) in [6.07, 6.45) is 3.93. The van der Waals surface area contributed by atoms with Crippen LogP contribution < -0.4 is 0 Å². The average molecular weight is 371 g/mol. The topological polar surface area (TPSA) is 20.2 Å². The molecular weight excluding hydrogens is 335 g/mol. The number of aliphatic hydroxyl groups excluding tert-OH is 1. The maximum atomic E-state index is 13.6. The van der Waals surface area contributed by atoms with Crippen LogP contribution in [0.4, 0.5) is 4.39 Å². The van der Waals surface area contributed by atoms with E-state index in [9.17, 15) is 9.50 Å². The second-order valence-electron chi connectivity index (χ2n) is 8.27. The van der Waals surface area contributed by atoms with Crippen LogP contribution in [-0.4, -0.2) is 5.11 Å². The molecule has 1 atom stereocenters. The van der Waals surface area contributed by atoms with Crippen molar-refractivity contribution in [2.45, 2.75) is 85.2 Å². The normalized spacial score (nSPS) is 12.8. The van der Waals surface area contributed by atoms with E-state index < -0.39 is 6.10 Å². The largest absolute Gasteiger partial charge is 0.389 e. The lowest BCUT2D eigenvalue weighted by atomic mass is 9.78. The van der Waals surface area contributed by atoms with Gasteiger partial charge in [0.1, 0.15) is 5.82 Å². The number of hydrogen-bond donors (Lipinski definition) is 1. The molecule has 1 nitrogen and oxygen atoms in total. The van der Waals surface area contributed by atoms with Gasteiger partial charge in [-0.25, -0.2) is 4.39 Å². The first kappa shape index (κ1) is 21.6. The Morgan fingerprint density at radius 2 is 1.48 bits per heavy atom. The van der Waals surface area contributed by atoms with E-state index in [2.05, 4.69) is 40.7 Å². The SMILES string of the molecule is CCCCCc1c(C(C)C)cc(C(C)C)c([C@@H](C)O)c1-c1ccc(F)cc1. The van der Waals surface area contributed by atoms with Crippen molar-refractivity contribution in [2.75, 3.05) is 0 Å². The predicted octanol–water partition coefficient (Wildman–Crippen LogP) is 7.53. The van der Waals surface area contributed by atoms with Gasteiger partial charge in [-0.2, -0.15) is 0 Å². The quantitative estimate of drug-likeness (QED) is 0.476. The molecule has 0 saturated heterocycles. The molecule has 0 radical (unpaired) electrons. The molecule has 1 N–H and O–H groups in total. The van der Waals surface area contributed by atoms with Gasteiger partial charge < -0.3 is 5.11 Å². The van der Waals surface area contributed by atoms with Crippen molar-refractivity contribution in [1.82, 2.24) is 0 Å². The summed E-state index contributed by atoms with van der Waals surface area (Å²) in [6.45, 7) is 12.9. The highest BCUT2D eigenvalue weighted by Gasteiger charge is 2.24. The summed E-state index contributed by atoms with van der Waals surface area (Å²) in [4.78, 5) is 0. The van der Waals surface area contributed by atoms with Crippen molar-refractivity contribution >= 4 is 0 Å². The van der Waals surface area contributed by atoms with Gasteiger partial charge in [-0.3, -0.25) is 0 Å². The third-order valence-electron chi connectivity index (χ3n) is 5.37. The molecule has 0 saturated carbocycles. The Labute approximate surface area is 164 Å². The van der Waals surface area contributed by atoms with E-state index in [0.29, 0.717) is 11.8 Å². The summed E-state index contributed by atoms with van der Waals surface area (Å²) in [7, 11) is 0. The maximum Gasteiger partial charge on any atom is 0.123 e. The van der Waals surface area contributed by atoms with E-state index in [-0.39, 0.29) is 5.82 Å². The molecule has 0 aliphatic heterocycles. The lowest BCUT2D eigenvalue weighted by Crippen LogP contribution is -2.11. The van der Waals surface area contributed by atoms with Crippen LogP contribution in [0, 0.1) is 5.82 Å². The van der Waals surface area contributed by atoms with Crippen molar-refractivity contribution < 1.29 is 9.50 Å². The summed E-state index contributed by atoms with van der Waals surface area (Å²) in [6, 6.07) is 9.07. The van der Waals surface area contributed by atoms with Gasteiger partial charge in [0.25, 0.3) is 0 Å². The molecule has 0 amide bonds. The maximum absolute atomic E-state index is 13.6. The number of rotatable bonds is 8. The van der Waals surface area contributed by atoms with Crippen molar-refractivity contribution in [3.8, 4) is 11.1 Å². The van der Waals surface area contributed by atoms with Crippen LogP contribution in [0.3, 0.4) is 0 Å². The fourth-order valence-corrected chi connectivity index (χ4v) is 3.99. The van der Waals surface area contributed by atoms with Gasteiger partial charge >= 0.3 is 0 Å². The first-order chi connectivity index (χ1) is 12.8. The Bertz CT molecular complexity index is 742. The molecule has 0 aliphatic rings. The van der Waals surface area contributed by atoms with Gasteiger partial charge in [0.05, 0.1) is 6.10 Å². The lowest BCUT2D eigenvalue weighted by Gasteiger charge is -2.27. The molecule has 0 unspecified atom stereocenters. The van der Waals surface area contributed by atoms with Crippen molar-refractivity contribution in [3.05, 3.63) is 58.4 Å². The Morgan fingerprint density at radius 3 is 1.96 bits per heavy atom. The second-order valence-corrected chi connectivity index (χ2v) is 8.27. The third kappa shape index (κ3) is 4.99. The van der Waals surface area contributed by atoms with E-state index >= 15 is 0 Å². The first-order valence-electron chi connectivity index (χ1n) is 10.4. The summed E-state index contributed by atoms with van der Waals surface area (Å²) >= 11 is 0. The highest BCUT2D eigenvalue weighted by molar-refractivity contribution is 5.75. The van der Waals surface area contributed by atoms with Crippen LogP contribution in [0.2, 0.25) is 0 Å². The zero-order valence-electron chi connectivity index (χ0n) is 17.8. The van der Waals surface area contributed by atoms with Gasteiger partial charge in [0, 0.05) is 0 Å². The Kier molecular flexibility index (Phi) is 7.61. The molecule has 0 aliphatic carbocycles. The molecule has 0 bridgehead atoms. The number of halogens is 1. The van der Waals surface area contributed by atoms with Gasteiger partial charge in [-0.1, -0.05) is 65.7 Å². The Hall–Kier alpha value is -1.67. The van der Waals surface area contributed by atoms with E-state index in [0.717, 1.165) is 29.5 Å². The average Bonchev–Trinajstić information content (AvgIpc) is 2.61. The van der Waals surface area contributed by atoms with E-state index in [1.165, 1.54) is 41.7 Å². The summed E-state index contributed by atoms with van der Waals surface area (Å²) in [5, 5.41) is 10.7. The number of hydrogen-bond acceptors (Lipinski definition) is 1. The molecule has 0 aromatic heterocycles. The molecule has 0 heterocycles. The molecule has 2 rings (SSSR count). The van der Waals surface area contributed by atoms with Crippen molar-refractivity contribution in [2.24, 2.45) is 0 Å². The van der Waals surface area contributed by atoms with Crippen LogP contribution >= 0.6 is 0 Å². The zero-order chi connectivity index (χ0) is 20.1. The standard InChI is InChI=1S/C25H35FO/c1-7-8-9-10-21-22(16(2)3)15-23(17(4)5)24(18(6)27)25(21)19-11-13-20(26)14-12-19/h11-18,27H,7-10H2,1-6H3/t18-/m1/s1. The van der Waals surface area contributed by atoms with Crippen LogP contribution in [0.1, 0.15) is 101 Å². The van der Waals surface area contributed by atoms with Crippen LogP contribution in [0.15, 0.2) is 30.3 Å². The number of unbranched alkanes of at least 4 members (excludes halogenated alkanes) is 2. The highest BCUT2D eigenvalue weighted by atomic mass is 19.1. The molecule has 2 aromatic carbocycles. The summed E-state index contributed by atoms with van der Waals surface area (Å²) < 4.78 is 13.6. The van der Waals surface area contributed by atoms with E-state index in [1.54, 1.807) is 0 Å². The third-order valence-corrected chi connectivity index (χ3v) is 5.37. The minimum absolute atomic E-state index is 0.228. The Balaban J connectivity index is 2.84. The van der Waals surface area contributed by atoms with Crippen molar-refractivity contribution in [1.29, 1.82) is 0 Å². The molecule has 0 fully saturated rings. The molecule has 0 spiro atoms. The second kappa shape index (κ2) is 9.50. The van der Waals surface area contributed by atoms with Gasteiger partial charge in [0.2, 0.25) is 0 Å². The summed E-state index contributed by atoms with van der Waals surface area (Å²) in [5.74, 6) is 0.492. The van der Waals surface area contributed by atoms with Gasteiger partial charge in [-0.15, -0.1) is 0 Å². The molecule has 148 valence electrons. The molecule has 2 aromatic rings. The zero-order valence-corrected chi connectivity index (χ0v) is 17.8. The molecule has 27 heavy (non-hydrogen) atoms.